The van der Waals surface area contributed by atoms with Crippen LogP contribution in [0.2, 0.25) is 0 Å². The van der Waals surface area contributed by atoms with Crippen molar-refractivity contribution in [2.75, 3.05) is 12.5 Å². The van der Waals surface area contributed by atoms with Gasteiger partial charge in [-0.05, 0) is 6.92 Å². The highest BCUT2D eigenvalue weighted by Crippen LogP contribution is 2.33. The molecule has 0 spiro atoms. The number of methoxy groups -OCH3 is 1. The summed E-state index contributed by atoms with van der Waals surface area (Å²) >= 11 is 1.09. The van der Waals surface area contributed by atoms with E-state index in [-0.39, 0.29) is 0 Å². The third-order valence-electron chi connectivity index (χ3n) is 3.99. The number of rotatable bonds is 5. The number of benzene rings is 2. The van der Waals surface area contributed by atoms with Crippen molar-refractivity contribution in [1.29, 1.82) is 5.26 Å². The number of hydrogen-bond donors (Lipinski definition) is 1. The molecule has 0 fully saturated rings. The van der Waals surface area contributed by atoms with Gasteiger partial charge in [0.05, 0.1) is 18.5 Å². The van der Waals surface area contributed by atoms with Gasteiger partial charge in [-0.3, -0.25) is 5.43 Å². The number of nitriles is 1. The first kappa shape index (κ1) is 18.4. The maximum atomic E-state index is 11.9. The zero-order chi connectivity index (χ0) is 19.2. The smallest absolute Gasteiger partial charge is 0.348 e. The van der Waals surface area contributed by atoms with E-state index in [1.54, 1.807) is 6.92 Å². The number of esters is 1. The van der Waals surface area contributed by atoms with Gasteiger partial charge in [0.25, 0.3) is 0 Å². The topological polar surface area (TPSA) is 74.5 Å². The maximum Gasteiger partial charge on any atom is 0.348 e. The zero-order valence-electron chi connectivity index (χ0n) is 14.9. The molecule has 0 amide bonds. The van der Waals surface area contributed by atoms with E-state index in [0.29, 0.717) is 21.0 Å². The van der Waals surface area contributed by atoms with Crippen LogP contribution in [0.15, 0.2) is 65.8 Å². The van der Waals surface area contributed by atoms with Crippen LogP contribution in [0.4, 0.5) is 5.69 Å². The van der Waals surface area contributed by atoms with Crippen molar-refractivity contribution in [3.8, 4) is 6.07 Å². The van der Waals surface area contributed by atoms with E-state index in [4.69, 9.17) is 4.74 Å². The minimum Gasteiger partial charge on any atom is -0.465 e. The number of nitrogens with zero attached hydrogens (tertiary/aromatic N) is 2. The molecule has 1 heterocycles. The van der Waals surface area contributed by atoms with Crippen LogP contribution in [-0.2, 0) is 4.74 Å². The summed E-state index contributed by atoms with van der Waals surface area (Å²) in [5.74, 6) is -0.461. The number of thiophene rings is 1. The van der Waals surface area contributed by atoms with Crippen molar-refractivity contribution in [3.05, 3.63) is 87.1 Å². The summed E-state index contributed by atoms with van der Waals surface area (Å²) in [6.07, 6.45) is 0. The Morgan fingerprint density at radius 2 is 1.63 bits per heavy atom. The summed E-state index contributed by atoms with van der Waals surface area (Å²) in [5, 5.41) is 14.0. The summed E-state index contributed by atoms with van der Waals surface area (Å²) in [7, 11) is 1.32. The van der Waals surface area contributed by atoms with Crippen LogP contribution in [0.25, 0.3) is 0 Å². The Bertz CT molecular complexity index is 977. The van der Waals surface area contributed by atoms with Gasteiger partial charge in [0.15, 0.2) is 0 Å². The third-order valence-corrected chi connectivity index (χ3v) is 5.17. The molecule has 3 rings (SSSR count). The van der Waals surface area contributed by atoms with Gasteiger partial charge in [-0.2, -0.15) is 10.4 Å². The third kappa shape index (κ3) is 3.89. The standard InChI is InChI=1S/C21H17N3O2S/c1-14-18(17(13-22)27-20(14)21(25)26-2)23-24-19(15-9-5-3-6-10-15)16-11-7-4-8-12-16/h3-12,23H,1-2H3. The molecule has 134 valence electrons. The van der Waals surface area contributed by atoms with Crippen LogP contribution < -0.4 is 5.43 Å². The van der Waals surface area contributed by atoms with Crippen molar-refractivity contribution in [1.82, 2.24) is 0 Å². The lowest BCUT2D eigenvalue weighted by atomic mass is 10.0. The molecular formula is C21H17N3O2S. The Morgan fingerprint density at radius 3 is 2.11 bits per heavy atom. The van der Waals surface area contributed by atoms with E-state index in [2.05, 4.69) is 16.6 Å². The Kier molecular flexibility index (Phi) is 5.64. The minimum absolute atomic E-state index is 0.386. The minimum atomic E-state index is -0.461. The molecular weight excluding hydrogens is 358 g/mol. The second kappa shape index (κ2) is 8.30. The molecule has 27 heavy (non-hydrogen) atoms. The van der Waals surface area contributed by atoms with Gasteiger partial charge in [0.2, 0.25) is 0 Å². The van der Waals surface area contributed by atoms with E-state index >= 15 is 0 Å². The highest BCUT2D eigenvalue weighted by Gasteiger charge is 2.20. The Morgan fingerprint density at radius 1 is 1.07 bits per heavy atom. The quantitative estimate of drug-likeness (QED) is 0.402. The highest BCUT2D eigenvalue weighted by molar-refractivity contribution is 7.15. The van der Waals surface area contributed by atoms with Crippen LogP contribution in [0.5, 0.6) is 0 Å². The van der Waals surface area contributed by atoms with Gasteiger partial charge in [-0.1, -0.05) is 60.7 Å². The molecule has 0 unspecified atom stereocenters. The molecule has 6 heteroatoms. The summed E-state index contributed by atoms with van der Waals surface area (Å²) in [6.45, 7) is 1.77. The average molecular weight is 375 g/mol. The van der Waals surface area contributed by atoms with Crippen LogP contribution >= 0.6 is 11.3 Å². The van der Waals surface area contributed by atoms with Gasteiger partial charge in [-0.25, -0.2) is 4.79 Å². The van der Waals surface area contributed by atoms with Crippen molar-refractivity contribution in [3.63, 3.8) is 0 Å². The van der Waals surface area contributed by atoms with Crippen LogP contribution in [0.3, 0.4) is 0 Å². The largest absolute Gasteiger partial charge is 0.465 e. The highest BCUT2D eigenvalue weighted by atomic mass is 32.1. The number of anilines is 1. The van der Waals surface area contributed by atoms with E-state index in [1.807, 2.05) is 60.7 Å². The number of ether oxygens (including phenoxy) is 1. The molecule has 0 atom stereocenters. The molecule has 1 N–H and O–H groups in total. The fraction of sp³-hybridized carbons (Fsp3) is 0.0952. The summed E-state index contributed by atoms with van der Waals surface area (Å²) < 4.78 is 4.79. The molecule has 0 aliphatic rings. The zero-order valence-corrected chi connectivity index (χ0v) is 15.7. The van der Waals surface area contributed by atoms with Crippen molar-refractivity contribution >= 4 is 28.7 Å². The monoisotopic (exact) mass is 375 g/mol. The first-order chi connectivity index (χ1) is 13.2. The Labute approximate surface area is 161 Å². The normalized spacial score (nSPS) is 9.96. The van der Waals surface area contributed by atoms with E-state index in [9.17, 15) is 10.1 Å². The summed E-state index contributed by atoms with van der Waals surface area (Å²) in [6, 6.07) is 21.7. The summed E-state index contributed by atoms with van der Waals surface area (Å²) in [5.41, 5.74) is 6.79. The van der Waals surface area contributed by atoms with Gasteiger partial charge < -0.3 is 4.74 Å². The predicted octanol–water partition coefficient (Wildman–Crippen LogP) is 4.58. The average Bonchev–Trinajstić information content (AvgIpc) is 3.05. The number of nitrogens with one attached hydrogen (secondary N) is 1. The molecule has 2 aromatic carbocycles. The van der Waals surface area contributed by atoms with E-state index in [1.165, 1.54) is 7.11 Å². The van der Waals surface area contributed by atoms with Gasteiger partial charge in [-0.15, -0.1) is 11.3 Å². The maximum absolute atomic E-state index is 11.9. The lowest BCUT2D eigenvalue weighted by molar-refractivity contribution is 0.0605. The summed E-state index contributed by atoms with van der Waals surface area (Å²) in [4.78, 5) is 12.7. The fourth-order valence-corrected chi connectivity index (χ4v) is 3.59. The van der Waals surface area contributed by atoms with Crippen LogP contribution in [0.1, 0.15) is 31.2 Å². The lowest BCUT2D eigenvalue weighted by Crippen LogP contribution is -2.07. The first-order valence-electron chi connectivity index (χ1n) is 8.22. The van der Waals surface area contributed by atoms with Gasteiger partial charge in [0.1, 0.15) is 15.8 Å². The molecule has 0 bridgehead atoms. The fourth-order valence-electron chi connectivity index (χ4n) is 2.61. The van der Waals surface area contributed by atoms with Gasteiger partial charge >= 0.3 is 5.97 Å². The molecule has 3 aromatic rings. The molecule has 0 aliphatic carbocycles. The predicted molar refractivity (Wildman–Crippen MR) is 107 cm³/mol. The molecule has 1 aromatic heterocycles. The number of carbonyl (C=O) groups excluding carboxylic acids is 1. The molecule has 0 saturated heterocycles. The number of hydrazone groups is 1. The van der Waals surface area contributed by atoms with Gasteiger partial charge in [0, 0.05) is 16.7 Å². The van der Waals surface area contributed by atoms with Crippen molar-refractivity contribution in [2.45, 2.75) is 6.92 Å². The molecule has 0 aliphatic heterocycles. The second-order valence-corrected chi connectivity index (χ2v) is 6.69. The second-order valence-electron chi connectivity index (χ2n) is 5.67. The number of hydrogen-bond acceptors (Lipinski definition) is 6. The van der Waals surface area contributed by atoms with Crippen LogP contribution in [0, 0.1) is 18.3 Å². The van der Waals surface area contributed by atoms with E-state index in [0.717, 1.165) is 28.2 Å². The number of carbonyl (C=O) groups is 1. The SMILES string of the molecule is COC(=O)c1sc(C#N)c(NN=C(c2ccccc2)c2ccccc2)c1C. The molecule has 0 radical (unpaired) electrons. The first-order valence-corrected chi connectivity index (χ1v) is 9.03. The van der Waals surface area contributed by atoms with E-state index < -0.39 is 5.97 Å². The Hall–Kier alpha value is -3.43. The van der Waals surface area contributed by atoms with Crippen LogP contribution in [-0.4, -0.2) is 18.8 Å². The molecule has 0 saturated carbocycles. The lowest BCUT2D eigenvalue weighted by Gasteiger charge is -2.09. The van der Waals surface area contributed by atoms with Crippen molar-refractivity contribution in [2.24, 2.45) is 5.10 Å². The van der Waals surface area contributed by atoms with Crippen molar-refractivity contribution < 1.29 is 9.53 Å². The molecule has 5 nitrogen and oxygen atoms in total. The Balaban J connectivity index is 2.05.